The van der Waals surface area contributed by atoms with Gasteiger partial charge in [0.1, 0.15) is 0 Å². The van der Waals surface area contributed by atoms with Crippen LogP contribution in [0.5, 0.6) is 0 Å². The maximum absolute atomic E-state index is 12.8. The second kappa shape index (κ2) is 5.53. The van der Waals surface area contributed by atoms with Gasteiger partial charge in [-0.15, -0.1) is 0 Å². The first-order valence-electron chi connectivity index (χ1n) is 6.77. The van der Waals surface area contributed by atoms with Crippen LogP contribution in [0.25, 0.3) is 0 Å². The minimum absolute atomic E-state index is 0.0681. The molecule has 0 amide bonds. The summed E-state index contributed by atoms with van der Waals surface area (Å²) in [5.41, 5.74) is 8.25. The Morgan fingerprint density at radius 1 is 1.21 bits per heavy atom. The molecule has 3 atom stereocenters. The number of hydrogen-bond donors (Lipinski definition) is 1. The van der Waals surface area contributed by atoms with E-state index in [0.29, 0.717) is 6.42 Å². The van der Waals surface area contributed by atoms with Crippen molar-refractivity contribution < 1.29 is 13.2 Å². The molecular weight excluding hydrogens is 251 g/mol. The molecule has 0 aliphatic heterocycles. The Morgan fingerprint density at radius 3 is 2.53 bits per heavy atom. The van der Waals surface area contributed by atoms with Gasteiger partial charge in [0.15, 0.2) is 0 Å². The molecule has 4 heteroatoms. The van der Waals surface area contributed by atoms with E-state index in [2.05, 4.69) is 0 Å². The summed E-state index contributed by atoms with van der Waals surface area (Å²) in [7, 11) is 0. The Kier molecular flexibility index (Phi) is 4.19. The van der Waals surface area contributed by atoms with Crippen LogP contribution in [-0.4, -0.2) is 6.18 Å². The monoisotopic (exact) mass is 271 g/mol. The molecule has 3 unspecified atom stereocenters. The van der Waals surface area contributed by atoms with E-state index < -0.39 is 12.1 Å². The van der Waals surface area contributed by atoms with Gasteiger partial charge in [-0.1, -0.05) is 30.7 Å². The van der Waals surface area contributed by atoms with Crippen molar-refractivity contribution in [2.45, 2.75) is 44.8 Å². The summed E-state index contributed by atoms with van der Waals surface area (Å²) in [6.07, 6.45) is -2.25. The van der Waals surface area contributed by atoms with Crippen molar-refractivity contribution in [2.24, 2.45) is 17.6 Å². The number of hydrogen-bond acceptors (Lipinski definition) is 1. The van der Waals surface area contributed by atoms with Gasteiger partial charge in [0, 0.05) is 6.04 Å². The summed E-state index contributed by atoms with van der Waals surface area (Å²) in [5.74, 6) is -1.25. The van der Waals surface area contributed by atoms with Crippen LogP contribution >= 0.6 is 0 Å². The molecule has 0 radical (unpaired) electrons. The molecule has 0 spiro atoms. The minimum atomic E-state index is -4.08. The predicted molar refractivity (Wildman–Crippen MR) is 69.6 cm³/mol. The van der Waals surface area contributed by atoms with Crippen molar-refractivity contribution in [3.8, 4) is 0 Å². The lowest BCUT2D eigenvalue weighted by Gasteiger charge is -2.34. The zero-order chi connectivity index (χ0) is 14.0. The quantitative estimate of drug-likeness (QED) is 0.849. The van der Waals surface area contributed by atoms with E-state index in [9.17, 15) is 13.2 Å². The molecular formula is C15H20F3N. The summed E-state index contributed by atoms with van der Waals surface area (Å²) >= 11 is 0. The molecule has 2 N–H and O–H groups in total. The summed E-state index contributed by atoms with van der Waals surface area (Å²) in [6.45, 7) is 1.96. The number of benzene rings is 1. The standard InChI is InChI=1S/C15H20F3N/c1-10-5-2-3-8-13(10)14(19)11-6-4-7-12(9-11)15(16,17)18/h2-3,5,8,11-12,14H,4,6-7,9,19H2,1H3. The summed E-state index contributed by atoms with van der Waals surface area (Å²) in [4.78, 5) is 0. The molecule has 0 bridgehead atoms. The van der Waals surface area contributed by atoms with Gasteiger partial charge in [0.2, 0.25) is 0 Å². The highest BCUT2D eigenvalue weighted by atomic mass is 19.4. The Morgan fingerprint density at radius 2 is 1.89 bits per heavy atom. The van der Waals surface area contributed by atoms with Crippen LogP contribution in [-0.2, 0) is 0 Å². The van der Waals surface area contributed by atoms with Gasteiger partial charge in [0.25, 0.3) is 0 Å². The maximum Gasteiger partial charge on any atom is 0.391 e. The highest BCUT2D eigenvalue weighted by Gasteiger charge is 2.43. The second-order valence-corrected chi connectivity index (χ2v) is 5.55. The molecule has 0 saturated heterocycles. The van der Waals surface area contributed by atoms with E-state index >= 15 is 0 Å². The third-order valence-electron chi connectivity index (χ3n) is 4.23. The SMILES string of the molecule is Cc1ccccc1C(N)C1CCCC(C(F)(F)F)C1. The lowest BCUT2D eigenvalue weighted by atomic mass is 9.75. The third kappa shape index (κ3) is 3.30. The molecule has 1 aliphatic rings. The topological polar surface area (TPSA) is 26.0 Å². The van der Waals surface area contributed by atoms with E-state index in [1.54, 1.807) is 0 Å². The van der Waals surface area contributed by atoms with Gasteiger partial charge < -0.3 is 5.73 Å². The van der Waals surface area contributed by atoms with Gasteiger partial charge in [-0.3, -0.25) is 0 Å². The number of rotatable bonds is 2. The van der Waals surface area contributed by atoms with Crippen LogP contribution in [0.3, 0.4) is 0 Å². The van der Waals surface area contributed by atoms with Crippen molar-refractivity contribution in [1.29, 1.82) is 0 Å². The average molecular weight is 271 g/mol. The molecule has 1 nitrogen and oxygen atoms in total. The van der Waals surface area contributed by atoms with Gasteiger partial charge in [-0.05, 0) is 43.2 Å². The number of nitrogens with two attached hydrogens (primary N) is 1. The Bertz CT molecular complexity index is 428. The lowest BCUT2D eigenvalue weighted by molar-refractivity contribution is -0.186. The lowest BCUT2D eigenvalue weighted by Crippen LogP contribution is -2.33. The van der Waals surface area contributed by atoms with Crippen LogP contribution in [0, 0.1) is 18.8 Å². The number of aryl methyl sites for hydroxylation is 1. The van der Waals surface area contributed by atoms with Crippen LogP contribution < -0.4 is 5.73 Å². The van der Waals surface area contributed by atoms with E-state index in [1.165, 1.54) is 0 Å². The fourth-order valence-corrected chi connectivity index (χ4v) is 3.07. The van der Waals surface area contributed by atoms with Crippen LogP contribution in [0.2, 0.25) is 0 Å². The minimum Gasteiger partial charge on any atom is -0.324 e. The normalized spacial score (nSPS) is 26.2. The van der Waals surface area contributed by atoms with Gasteiger partial charge in [-0.25, -0.2) is 0 Å². The summed E-state index contributed by atoms with van der Waals surface area (Å²) in [6, 6.07) is 7.42. The van der Waals surface area contributed by atoms with Crippen LogP contribution in [0.1, 0.15) is 42.9 Å². The molecule has 1 aromatic rings. The number of alkyl halides is 3. The van der Waals surface area contributed by atoms with Crippen molar-refractivity contribution in [2.75, 3.05) is 0 Å². The number of halogens is 3. The first kappa shape index (κ1) is 14.4. The molecule has 0 heterocycles. The first-order chi connectivity index (χ1) is 8.89. The van der Waals surface area contributed by atoms with Crippen molar-refractivity contribution in [3.05, 3.63) is 35.4 Å². The largest absolute Gasteiger partial charge is 0.391 e. The molecule has 1 aromatic carbocycles. The molecule has 0 aromatic heterocycles. The van der Waals surface area contributed by atoms with Crippen LogP contribution in [0.15, 0.2) is 24.3 Å². The van der Waals surface area contributed by atoms with Crippen molar-refractivity contribution in [1.82, 2.24) is 0 Å². The highest BCUT2D eigenvalue weighted by Crippen LogP contribution is 2.43. The van der Waals surface area contributed by atoms with Crippen LogP contribution in [0.4, 0.5) is 13.2 Å². The Labute approximate surface area is 112 Å². The van der Waals surface area contributed by atoms with Gasteiger partial charge >= 0.3 is 6.18 Å². The predicted octanol–water partition coefficient (Wildman–Crippen LogP) is 4.36. The summed E-state index contributed by atoms with van der Waals surface area (Å²) < 4.78 is 38.5. The third-order valence-corrected chi connectivity index (χ3v) is 4.23. The van der Waals surface area contributed by atoms with E-state index in [-0.39, 0.29) is 24.8 Å². The average Bonchev–Trinajstić information content (AvgIpc) is 2.38. The molecule has 106 valence electrons. The van der Waals surface area contributed by atoms with Gasteiger partial charge in [0.05, 0.1) is 5.92 Å². The van der Waals surface area contributed by atoms with Crippen molar-refractivity contribution in [3.63, 3.8) is 0 Å². The van der Waals surface area contributed by atoms with E-state index in [4.69, 9.17) is 5.73 Å². The van der Waals surface area contributed by atoms with Gasteiger partial charge in [-0.2, -0.15) is 13.2 Å². The van der Waals surface area contributed by atoms with E-state index in [0.717, 1.165) is 17.5 Å². The molecule has 1 fully saturated rings. The maximum atomic E-state index is 12.8. The zero-order valence-electron chi connectivity index (χ0n) is 11.1. The Balaban J connectivity index is 2.12. The molecule has 19 heavy (non-hydrogen) atoms. The molecule has 1 saturated carbocycles. The Hall–Kier alpha value is -1.03. The smallest absolute Gasteiger partial charge is 0.324 e. The highest BCUT2D eigenvalue weighted by molar-refractivity contribution is 5.29. The van der Waals surface area contributed by atoms with Crippen molar-refractivity contribution >= 4 is 0 Å². The van der Waals surface area contributed by atoms with E-state index in [1.807, 2.05) is 31.2 Å². The molecule has 2 rings (SSSR count). The summed E-state index contributed by atoms with van der Waals surface area (Å²) in [5, 5.41) is 0. The molecule has 1 aliphatic carbocycles. The fourth-order valence-electron chi connectivity index (χ4n) is 3.07. The zero-order valence-corrected chi connectivity index (χ0v) is 11.1. The first-order valence-corrected chi connectivity index (χ1v) is 6.77. The fraction of sp³-hybridized carbons (Fsp3) is 0.600. The second-order valence-electron chi connectivity index (χ2n) is 5.55.